The summed E-state index contributed by atoms with van der Waals surface area (Å²) in [4.78, 5) is 12.7. The second-order valence-corrected chi connectivity index (χ2v) is 2.40. The Kier molecular flexibility index (Phi) is 2.36. The Morgan fingerprint density at radius 3 is 3.00 bits per heavy atom. The fraction of sp³-hybridized carbons (Fsp3) is 0.571. The van der Waals surface area contributed by atoms with Gasteiger partial charge in [0.2, 0.25) is 0 Å². The molecular formula is C7H12N2O2. The average molecular weight is 156 g/mol. The van der Waals surface area contributed by atoms with Crippen molar-refractivity contribution in [3.8, 4) is 0 Å². The van der Waals surface area contributed by atoms with Crippen molar-refractivity contribution in [1.82, 2.24) is 10.2 Å². The number of hydrogen-bond acceptors (Lipinski definition) is 4. The van der Waals surface area contributed by atoms with Gasteiger partial charge in [-0.3, -0.25) is 0 Å². The van der Waals surface area contributed by atoms with E-state index in [-0.39, 0.29) is 5.97 Å². The largest absolute Gasteiger partial charge is 0.466 e. The summed E-state index contributed by atoms with van der Waals surface area (Å²) in [5.41, 5.74) is 0. The number of carbonyl (C=O) groups excluding carboxylic acids is 1. The molecule has 1 heterocycles. The van der Waals surface area contributed by atoms with Gasteiger partial charge in [-0.05, 0) is 0 Å². The molecule has 0 aliphatic carbocycles. The number of methoxy groups -OCH3 is 1. The Morgan fingerprint density at radius 1 is 1.82 bits per heavy atom. The van der Waals surface area contributed by atoms with Gasteiger partial charge < -0.3 is 15.0 Å². The first-order chi connectivity index (χ1) is 5.24. The lowest BCUT2D eigenvalue weighted by molar-refractivity contribution is -0.135. The van der Waals surface area contributed by atoms with Crippen molar-refractivity contribution in [3.05, 3.63) is 11.9 Å². The zero-order valence-electron chi connectivity index (χ0n) is 6.76. The van der Waals surface area contributed by atoms with Crippen molar-refractivity contribution in [2.45, 2.75) is 0 Å². The molecule has 0 atom stereocenters. The van der Waals surface area contributed by atoms with Gasteiger partial charge in [0.05, 0.1) is 13.2 Å². The molecule has 0 aromatic rings. The van der Waals surface area contributed by atoms with Gasteiger partial charge in [-0.15, -0.1) is 0 Å². The van der Waals surface area contributed by atoms with Crippen LogP contribution in [-0.4, -0.2) is 38.1 Å². The summed E-state index contributed by atoms with van der Waals surface area (Å²) in [6.45, 7) is 1.82. The van der Waals surface area contributed by atoms with Crippen molar-refractivity contribution in [3.63, 3.8) is 0 Å². The van der Waals surface area contributed by atoms with Crippen molar-refractivity contribution < 1.29 is 9.53 Å². The van der Waals surface area contributed by atoms with Crippen molar-refractivity contribution in [2.75, 3.05) is 27.2 Å². The summed E-state index contributed by atoms with van der Waals surface area (Å²) in [7, 11) is 3.29. The van der Waals surface area contributed by atoms with Crippen molar-refractivity contribution in [2.24, 2.45) is 0 Å². The molecule has 4 nitrogen and oxygen atoms in total. The first-order valence-electron chi connectivity index (χ1n) is 3.48. The molecule has 1 N–H and O–H groups in total. The second kappa shape index (κ2) is 3.27. The van der Waals surface area contributed by atoms with Crippen LogP contribution in [0.5, 0.6) is 0 Å². The average Bonchev–Trinajstić information content (AvgIpc) is 2.37. The fourth-order valence-electron chi connectivity index (χ4n) is 0.939. The van der Waals surface area contributed by atoms with Crippen LogP contribution in [0, 0.1) is 0 Å². The molecule has 0 radical (unpaired) electrons. The fourth-order valence-corrected chi connectivity index (χ4v) is 0.939. The monoisotopic (exact) mass is 156 g/mol. The summed E-state index contributed by atoms with van der Waals surface area (Å²) in [5.74, 6) is 0.512. The summed E-state index contributed by atoms with van der Waals surface area (Å²) >= 11 is 0. The highest BCUT2D eigenvalue weighted by Gasteiger charge is 2.12. The Balaban J connectivity index is 2.57. The molecule has 4 heteroatoms. The highest BCUT2D eigenvalue weighted by atomic mass is 16.5. The molecule has 1 aliphatic heterocycles. The molecule has 0 aromatic carbocycles. The highest BCUT2D eigenvalue weighted by Crippen LogP contribution is 2.02. The molecule has 0 spiro atoms. The van der Waals surface area contributed by atoms with E-state index in [9.17, 15) is 4.79 Å². The lowest BCUT2D eigenvalue weighted by atomic mass is 10.5. The normalized spacial score (nSPS) is 20.2. The third kappa shape index (κ3) is 1.86. The first-order valence-corrected chi connectivity index (χ1v) is 3.48. The molecule has 11 heavy (non-hydrogen) atoms. The Bertz CT molecular complexity index is 189. The van der Waals surface area contributed by atoms with Gasteiger partial charge in [0, 0.05) is 20.1 Å². The van der Waals surface area contributed by atoms with E-state index in [4.69, 9.17) is 0 Å². The summed E-state index contributed by atoms with van der Waals surface area (Å²) in [6.07, 6.45) is 1.45. The van der Waals surface area contributed by atoms with Crippen LogP contribution >= 0.6 is 0 Å². The molecule has 1 rings (SSSR count). The predicted molar refractivity (Wildman–Crippen MR) is 40.7 cm³/mol. The molecule has 0 amide bonds. The minimum Gasteiger partial charge on any atom is -0.466 e. The van der Waals surface area contributed by atoms with E-state index in [1.165, 1.54) is 13.2 Å². The number of nitrogens with one attached hydrogen (secondary N) is 1. The predicted octanol–water partition coefficient (Wildman–Crippen LogP) is -0.464. The Hall–Kier alpha value is -1.19. The van der Waals surface area contributed by atoms with Gasteiger partial charge in [0.15, 0.2) is 0 Å². The number of nitrogens with zero attached hydrogens (tertiary/aromatic N) is 1. The van der Waals surface area contributed by atoms with Crippen LogP contribution in [0.15, 0.2) is 11.9 Å². The van der Waals surface area contributed by atoms with Crippen LogP contribution in [0.2, 0.25) is 0 Å². The van der Waals surface area contributed by atoms with Crippen LogP contribution in [0.1, 0.15) is 0 Å². The van der Waals surface area contributed by atoms with Gasteiger partial charge in [-0.25, -0.2) is 4.79 Å². The molecule has 1 saturated heterocycles. The number of rotatable bonds is 1. The van der Waals surface area contributed by atoms with Crippen LogP contribution in [0.25, 0.3) is 0 Å². The summed E-state index contributed by atoms with van der Waals surface area (Å²) in [5, 5.41) is 3.06. The molecule has 1 aliphatic rings. The lowest BCUT2D eigenvalue weighted by Crippen LogP contribution is -2.16. The van der Waals surface area contributed by atoms with Crippen molar-refractivity contribution >= 4 is 5.97 Å². The Labute approximate surface area is 65.8 Å². The Morgan fingerprint density at radius 2 is 2.55 bits per heavy atom. The zero-order chi connectivity index (χ0) is 8.27. The number of likely N-dealkylation sites (N-methyl/N-ethyl adjacent to an activating group) is 1. The molecule has 1 fully saturated rings. The van der Waals surface area contributed by atoms with E-state index in [0.29, 0.717) is 0 Å². The maximum Gasteiger partial charge on any atom is 0.334 e. The quantitative estimate of drug-likeness (QED) is 0.412. The van der Waals surface area contributed by atoms with Gasteiger partial charge in [-0.1, -0.05) is 0 Å². The third-order valence-electron chi connectivity index (χ3n) is 1.62. The van der Waals surface area contributed by atoms with Crippen molar-refractivity contribution in [1.29, 1.82) is 0 Å². The van der Waals surface area contributed by atoms with Crippen LogP contribution in [-0.2, 0) is 9.53 Å². The van der Waals surface area contributed by atoms with Gasteiger partial charge in [0.25, 0.3) is 0 Å². The number of hydrogen-bond donors (Lipinski definition) is 1. The SMILES string of the molecule is COC(=O)/C=C1/NCCN1C. The van der Waals surface area contributed by atoms with E-state index in [1.54, 1.807) is 0 Å². The standard InChI is InChI=1S/C7H12N2O2/c1-9-4-3-8-6(9)5-7(10)11-2/h5,8H,3-4H2,1-2H3/b6-5-. The lowest BCUT2D eigenvalue weighted by Gasteiger charge is -2.09. The van der Waals surface area contributed by atoms with E-state index >= 15 is 0 Å². The van der Waals surface area contributed by atoms with Crippen LogP contribution < -0.4 is 5.32 Å². The molecule has 0 unspecified atom stereocenters. The summed E-state index contributed by atoms with van der Waals surface area (Å²) in [6, 6.07) is 0. The van der Waals surface area contributed by atoms with Gasteiger partial charge in [0.1, 0.15) is 5.82 Å². The number of carbonyl (C=O) groups is 1. The summed E-state index contributed by atoms with van der Waals surface area (Å²) < 4.78 is 4.48. The van der Waals surface area contributed by atoms with E-state index in [1.807, 2.05) is 11.9 Å². The maximum absolute atomic E-state index is 10.7. The maximum atomic E-state index is 10.7. The minimum absolute atomic E-state index is 0.318. The van der Waals surface area contributed by atoms with E-state index < -0.39 is 0 Å². The van der Waals surface area contributed by atoms with Gasteiger partial charge in [-0.2, -0.15) is 0 Å². The number of esters is 1. The smallest absolute Gasteiger partial charge is 0.334 e. The van der Waals surface area contributed by atoms with Gasteiger partial charge >= 0.3 is 5.97 Å². The highest BCUT2D eigenvalue weighted by molar-refractivity contribution is 5.82. The first kappa shape index (κ1) is 7.91. The zero-order valence-corrected chi connectivity index (χ0v) is 6.76. The molecule has 0 saturated carbocycles. The van der Waals surface area contributed by atoms with E-state index in [2.05, 4.69) is 10.1 Å². The van der Waals surface area contributed by atoms with E-state index in [0.717, 1.165) is 18.9 Å². The number of ether oxygens (including phenoxy) is 1. The van der Waals surface area contributed by atoms with Crippen LogP contribution in [0.4, 0.5) is 0 Å². The topological polar surface area (TPSA) is 41.6 Å². The molecule has 0 bridgehead atoms. The van der Waals surface area contributed by atoms with Crippen LogP contribution in [0.3, 0.4) is 0 Å². The third-order valence-corrected chi connectivity index (χ3v) is 1.62. The molecular weight excluding hydrogens is 144 g/mol. The molecule has 0 aromatic heterocycles. The minimum atomic E-state index is -0.318. The second-order valence-electron chi connectivity index (χ2n) is 2.40. The molecule has 62 valence electrons.